The number of likely N-dealkylation sites (N-methyl/N-ethyl adjacent to an activating group) is 1. The summed E-state index contributed by atoms with van der Waals surface area (Å²) in [5, 5.41) is 9.04. The van der Waals surface area contributed by atoms with Gasteiger partial charge in [0, 0.05) is 25.7 Å². The van der Waals surface area contributed by atoms with Gasteiger partial charge in [-0.05, 0) is 18.2 Å². The second-order valence-electron chi connectivity index (χ2n) is 3.98. The minimum absolute atomic E-state index is 0.0495. The Kier molecular flexibility index (Phi) is 4.95. The van der Waals surface area contributed by atoms with Crippen LogP contribution >= 0.6 is 0 Å². The minimum Gasteiger partial charge on any atom is -0.497 e. The molecule has 100 valence electrons. The smallest absolute Gasteiger partial charge is 0.264 e. The third-order valence-corrected chi connectivity index (χ3v) is 2.50. The summed E-state index contributed by atoms with van der Waals surface area (Å²) in [6.07, 6.45) is 1.50. The summed E-state index contributed by atoms with van der Waals surface area (Å²) >= 11 is 0. The zero-order valence-corrected chi connectivity index (χ0v) is 11.4. The average molecular weight is 260 g/mol. The monoisotopic (exact) mass is 260 g/mol. The number of carbonyl (C=O) groups is 1. The maximum Gasteiger partial charge on any atom is 0.264 e. The SMILES string of the molecule is COc1ccc(/C=C(/C#N)C(=O)N(C)C)c(OC)c1. The maximum absolute atomic E-state index is 11.8. The number of hydrogen-bond donors (Lipinski definition) is 0. The number of rotatable bonds is 4. The lowest BCUT2D eigenvalue weighted by atomic mass is 10.1. The van der Waals surface area contributed by atoms with Gasteiger partial charge in [-0.15, -0.1) is 0 Å². The second kappa shape index (κ2) is 6.45. The normalized spacial score (nSPS) is 10.6. The fourth-order valence-electron chi connectivity index (χ4n) is 1.48. The molecule has 5 heteroatoms. The van der Waals surface area contributed by atoms with Crippen molar-refractivity contribution in [3.05, 3.63) is 29.3 Å². The van der Waals surface area contributed by atoms with Gasteiger partial charge < -0.3 is 14.4 Å². The number of hydrogen-bond acceptors (Lipinski definition) is 4. The van der Waals surface area contributed by atoms with E-state index in [0.29, 0.717) is 17.1 Å². The molecule has 0 aliphatic rings. The van der Waals surface area contributed by atoms with E-state index in [1.54, 1.807) is 39.4 Å². The molecule has 0 saturated heterocycles. The zero-order chi connectivity index (χ0) is 14.4. The summed E-state index contributed by atoms with van der Waals surface area (Å²) in [4.78, 5) is 13.1. The molecule has 0 atom stereocenters. The summed E-state index contributed by atoms with van der Waals surface area (Å²) in [7, 11) is 6.27. The Morgan fingerprint density at radius 2 is 2.00 bits per heavy atom. The number of methoxy groups -OCH3 is 2. The molecule has 0 aromatic heterocycles. The first-order valence-corrected chi connectivity index (χ1v) is 5.59. The van der Waals surface area contributed by atoms with Crippen LogP contribution < -0.4 is 9.47 Å². The highest BCUT2D eigenvalue weighted by Gasteiger charge is 2.12. The lowest BCUT2D eigenvalue weighted by Crippen LogP contribution is -2.22. The van der Waals surface area contributed by atoms with Crippen LogP contribution in [-0.2, 0) is 4.79 Å². The Morgan fingerprint density at radius 1 is 1.32 bits per heavy atom. The molecule has 1 rings (SSSR count). The summed E-state index contributed by atoms with van der Waals surface area (Å²) < 4.78 is 10.3. The van der Waals surface area contributed by atoms with Crippen molar-refractivity contribution in [2.45, 2.75) is 0 Å². The number of benzene rings is 1. The molecule has 19 heavy (non-hydrogen) atoms. The largest absolute Gasteiger partial charge is 0.497 e. The van der Waals surface area contributed by atoms with Gasteiger partial charge in [0.1, 0.15) is 23.1 Å². The van der Waals surface area contributed by atoms with Gasteiger partial charge in [-0.3, -0.25) is 4.79 Å². The first-order chi connectivity index (χ1) is 9.03. The lowest BCUT2D eigenvalue weighted by molar-refractivity contribution is -0.124. The van der Waals surface area contributed by atoms with Gasteiger partial charge >= 0.3 is 0 Å². The maximum atomic E-state index is 11.8. The Hall–Kier alpha value is -2.48. The third-order valence-electron chi connectivity index (χ3n) is 2.50. The van der Waals surface area contributed by atoms with Gasteiger partial charge in [0.25, 0.3) is 5.91 Å². The predicted octanol–water partition coefficient (Wildman–Crippen LogP) is 1.70. The van der Waals surface area contributed by atoms with E-state index in [4.69, 9.17) is 14.7 Å². The molecule has 0 aliphatic carbocycles. The van der Waals surface area contributed by atoms with Crippen molar-refractivity contribution >= 4 is 12.0 Å². The molecule has 1 amide bonds. The number of amides is 1. The lowest BCUT2D eigenvalue weighted by Gasteiger charge is -2.10. The van der Waals surface area contributed by atoms with Crippen molar-refractivity contribution in [1.29, 1.82) is 5.26 Å². The third kappa shape index (κ3) is 3.49. The Bertz CT molecular complexity index is 542. The van der Waals surface area contributed by atoms with Gasteiger partial charge in [0.2, 0.25) is 0 Å². The molecule has 0 saturated carbocycles. The summed E-state index contributed by atoms with van der Waals surface area (Å²) in [5.41, 5.74) is 0.698. The summed E-state index contributed by atoms with van der Waals surface area (Å²) in [5.74, 6) is 0.838. The van der Waals surface area contributed by atoms with E-state index in [1.807, 2.05) is 6.07 Å². The molecular weight excluding hydrogens is 244 g/mol. The molecule has 0 fully saturated rings. The highest BCUT2D eigenvalue weighted by molar-refractivity contribution is 6.01. The van der Waals surface area contributed by atoms with Crippen molar-refractivity contribution in [3.63, 3.8) is 0 Å². The van der Waals surface area contributed by atoms with Crippen LogP contribution in [-0.4, -0.2) is 39.1 Å². The quantitative estimate of drug-likeness (QED) is 0.610. The molecule has 1 aromatic carbocycles. The van der Waals surface area contributed by atoms with Gasteiger partial charge in [-0.25, -0.2) is 0 Å². The first kappa shape index (κ1) is 14.6. The van der Waals surface area contributed by atoms with Gasteiger partial charge in [0.05, 0.1) is 14.2 Å². The van der Waals surface area contributed by atoms with E-state index in [0.717, 1.165) is 0 Å². The molecular formula is C14H16N2O3. The standard InChI is InChI=1S/C14H16N2O3/c1-16(2)14(17)11(9-15)7-10-5-6-12(18-3)8-13(10)19-4/h5-8H,1-4H3/b11-7-. The van der Waals surface area contributed by atoms with Crippen LogP contribution in [0.15, 0.2) is 23.8 Å². The van der Waals surface area contributed by atoms with Crippen LogP contribution in [0.4, 0.5) is 0 Å². The Labute approximate surface area is 112 Å². The van der Waals surface area contributed by atoms with Crippen LogP contribution in [0.5, 0.6) is 11.5 Å². The molecule has 5 nitrogen and oxygen atoms in total. The topological polar surface area (TPSA) is 62.6 Å². The predicted molar refractivity (Wildman–Crippen MR) is 71.8 cm³/mol. The van der Waals surface area contributed by atoms with E-state index >= 15 is 0 Å². The van der Waals surface area contributed by atoms with E-state index in [9.17, 15) is 4.79 Å². The van der Waals surface area contributed by atoms with Crippen LogP contribution in [0.2, 0.25) is 0 Å². The number of ether oxygens (including phenoxy) is 2. The van der Waals surface area contributed by atoms with Gasteiger partial charge in [-0.1, -0.05) is 0 Å². The highest BCUT2D eigenvalue weighted by Crippen LogP contribution is 2.26. The fourth-order valence-corrected chi connectivity index (χ4v) is 1.48. The Morgan fingerprint density at radius 3 is 2.47 bits per heavy atom. The average Bonchev–Trinajstić information content (AvgIpc) is 2.43. The molecule has 0 spiro atoms. The van der Waals surface area contributed by atoms with E-state index in [1.165, 1.54) is 18.1 Å². The zero-order valence-electron chi connectivity index (χ0n) is 11.4. The van der Waals surface area contributed by atoms with Crippen molar-refractivity contribution in [2.75, 3.05) is 28.3 Å². The fraction of sp³-hybridized carbons (Fsp3) is 0.286. The van der Waals surface area contributed by atoms with E-state index < -0.39 is 0 Å². The number of nitrogens with zero attached hydrogens (tertiary/aromatic N) is 2. The molecule has 0 bridgehead atoms. The van der Waals surface area contributed by atoms with Gasteiger partial charge in [-0.2, -0.15) is 5.26 Å². The number of carbonyl (C=O) groups excluding carboxylic acids is 1. The summed E-state index contributed by atoms with van der Waals surface area (Å²) in [6, 6.07) is 7.06. The molecule has 0 aliphatic heterocycles. The van der Waals surface area contributed by atoms with Crippen LogP contribution in [0.1, 0.15) is 5.56 Å². The van der Waals surface area contributed by atoms with E-state index in [2.05, 4.69) is 0 Å². The minimum atomic E-state index is -0.347. The van der Waals surface area contributed by atoms with Crippen LogP contribution in [0.3, 0.4) is 0 Å². The molecule has 1 aromatic rings. The molecule has 0 unspecified atom stereocenters. The number of nitriles is 1. The van der Waals surface area contributed by atoms with Crippen molar-refractivity contribution in [1.82, 2.24) is 4.90 Å². The van der Waals surface area contributed by atoms with Gasteiger partial charge in [0.15, 0.2) is 0 Å². The second-order valence-corrected chi connectivity index (χ2v) is 3.98. The van der Waals surface area contributed by atoms with Crippen molar-refractivity contribution < 1.29 is 14.3 Å². The van der Waals surface area contributed by atoms with E-state index in [-0.39, 0.29) is 11.5 Å². The molecule has 0 N–H and O–H groups in total. The van der Waals surface area contributed by atoms with Crippen molar-refractivity contribution in [3.8, 4) is 17.6 Å². The van der Waals surface area contributed by atoms with Crippen molar-refractivity contribution in [2.24, 2.45) is 0 Å². The van der Waals surface area contributed by atoms with Crippen LogP contribution in [0, 0.1) is 11.3 Å². The Balaban J connectivity index is 3.23. The summed E-state index contributed by atoms with van der Waals surface area (Å²) in [6.45, 7) is 0. The molecule has 0 radical (unpaired) electrons. The van der Waals surface area contributed by atoms with Crippen LogP contribution in [0.25, 0.3) is 6.08 Å². The molecule has 0 heterocycles. The first-order valence-electron chi connectivity index (χ1n) is 5.59. The highest BCUT2D eigenvalue weighted by atomic mass is 16.5.